The number of carbonyl (C=O) groups excluding carboxylic acids is 1. The molecule has 2 aromatic carbocycles. The number of aliphatic hydroxyl groups is 2. The summed E-state index contributed by atoms with van der Waals surface area (Å²) in [5, 5.41) is 37.4. The minimum Gasteiger partial charge on any atom is -0.504 e. The number of anilines is 2. The monoisotopic (exact) mass is 509 g/mol. The van der Waals surface area contributed by atoms with Crippen molar-refractivity contribution in [1.82, 2.24) is 0 Å². The van der Waals surface area contributed by atoms with E-state index >= 15 is 0 Å². The fourth-order valence-corrected chi connectivity index (χ4v) is 4.14. The molecule has 1 aliphatic rings. The van der Waals surface area contributed by atoms with Crippen molar-refractivity contribution in [3.8, 4) is 17.6 Å². The second kappa shape index (κ2) is 9.69. The summed E-state index contributed by atoms with van der Waals surface area (Å²) in [6, 6.07) is 8.59. The number of carbonyl (C=O) groups is 1. The molecule has 1 unspecified atom stereocenters. The molecule has 1 heterocycles. The predicted molar refractivity (Wildman–Crippen MR) is 124 cm³/mol. The highest BCUT2D eigenvalue weighted by molar-refractivity contribution is 7.81. The Morgan fingerprint density at radius 2 is 1.86 bits per heavy atom. The number of amides is 1. The van der Waals surface area contributed by atoms with Crippen molar-refractivity contribution in [3.63, 3.8) is 0 Å². The van der Waals surface area contributed by atoms with Crippen molar-refractivity contribution < 1.29 is 38.0 Å². The summed E-state index contributed by atoms with van der Waals surface area (Å²) in [6.45, 7) is 2.61. The number of hydrogen-bond acceptors (Lipinski definition) is 7. The van der Waals surface area contributed by atoms with Crippen LogP contribution in [0.5, 0.6) is 11.5 Å². The molecule has 0 bridgehead atoms. The maximum absolute atomic E-state index is 13.5. The fraction of sp³-hybridized carbons (Fsp3) is 0.348. The molecule has 0 aromatic heterocycles. The van der Waals surface area contributed by atoms with Crippen LogP contribution in [-0.4, -0.2) is 51.2 Å². The number of nitriles is 1. The number of benzene rings is 2. The van der Waals surface area contributed by atoms with Crippen LogP contribution in [0.4, 0.5) is 24.5 Å². The van der Waals surface area contributed by atoms with Gasteiger partial charge in [0.15, 0.2) is 16.6 Å². The van der Waals surface area contributed by atoms with Gasteiger partial charge in [-0.25, -0.2) is 0 Å². The molecule has 1 atom stereocenters. The minimum atomic E-state index is -4.81. The number of aliphatic hydroxyl groups excluding tert-OH is 2. The van der Waals surface area contributed by atoms with Crippen LogP contribution in [0.15, 0.2) is 36.4 Å². The van der Waals surface area contributed by atoms with Gasteiger partial charge in [-0.15, -0.1) is 0 Å². The molecular weight excluding hydrogens is 487 g/mol. The van der Waals surface area contributed by atoms with Crippen molar-refractivity contribution in [2.75, 3.05) is 23.0 Å². The van der Waals surface area contributed by atoms with Crippen molar-refractivity contribution in [2.45, 2.75) is 38.1 Å². The second-order valence-corrected chi connectivity index (χ2v) is 8.65. The van der Waals surface area contributed by atoms with Crippen LogP contribution in [0.1, 0.15) is 31.4 Å². The van der Waals surface area contributed by atoms with Gasteiger partial charge >= 0.3 is 6.18 Å². The Labute approximate surface area is 204 Å². The van der Waals surface area contributed by atoms with E-state index in [1.807, 2.05) is 0 Å². The molecular formula is C23H22F3N3O5S. The number of phenols is 1. The van der Waals surface area contributed by atoms with Gasteiger partial charge in [-0.05, 0) is 56.4 Å². The van der Waals surface area contributed by atoms with Crippen LogP contribution in [0.3, 0.4) is 0 Å². The lowest BCUT2D eigenvalue weighted by Gasteiger charge is -2.29. The lowest BCUT2D eigenvalue weighted by atomic mass is 10.0. The van der Waals surface area contributed by atoms with Gasteiger partial charge in [0, 0.05) is 18.2 Å². The molecule has 0 saturated carbocycles. The van der Waals surface area contributed by atoms with Crippen LogP contribution in [0, 0.1) is 11.3 Å². The zero-order valence-corrected chi connectivity index (χ0v) is 19.5. The summed E-state index contributed by atoms with van der Waals surface area (Å²) in [7, 11) is 0. The van der Waals surface area contributed by atoms with E-state index in [1.165, 1.54) is 35.2 Å². The summed E-state index contributed by atoms with van der Waals surface area (Å²) >= 11 is 5.48. The molecule has 0 radical (unpaired) electrons. The SMILES string of the molecule is CC1(C)C(=O)N(c2ccc(C#N)c(C(F)(F)F)c2)C(=S)N1c1ccc(O)c(OCCC(O)CO)c1. The first-order valence-corrected chi connectivity index (χ1v) is 10.8. The summed E-state index contributed by atoms with van der Waals surface area (Å²) in [5.74, 6) is -0.794. The van der Waals surface area contributed by atoms with Gasteiger partial charge in [0.05, 0.1) is 42.2 Å². The van der Waals surface area contributed by atoms with Crippen molar-refractivity contribution in [3.05, 3.63) is 47.5 Å². The van der Waals surface area contributed by atoms with Crippen LogP contribution in [-0.2, 0) is 11.0 Å². The molecule has 0 aliphatic carbocycles. The number of aromatic hydroxyl groups is 1. The molecule has 3 rings (SSSR count). The smallest absolute Gasteiger partial charge is 0.417 e. The van der Waals surface area contributed by atoms with Crippen molar-refractivity contribution in [2.24, 2.45) is 0 Å². The molecule has 186 valence electrons. The van der Waals surface area contributed by atoms with Gasteiger partial charge in [-0.2, -0.15) is 18.4 Å². The molecule has 12 heteroatoms. The lowest BCUT2D eigenvalue weighted by molar-refractivity contribution is -0.137. The third-order valence-electron chi connectivity index (χ3n) is 5.48. The average molecular weight is 510 g/mol. The van der Waals surface area contributed by atoms with Gasteiger partial charge in [0.2, 0.25) is 0 Å². The summed E-state index contributed by atoms with van der Waals surface area (Å²) in [6.07, 6.45) is -5.71. The first-order valence-electron chi connectivity index (χ1n) is 10.4. The number of ether oxygens (including phenoxy) is 1. The molecule has 3 N–H and O–H groups in total. The predicted octanol–water partition coefficient (Wildman–Crippen LogP) is 3.32. The van der Waals surface area contributed by atoms with Gasteiger partial charge in [0.1, 0.15) is 5.54 Å². The van der Waals surface area contributed by atoms with E-state index in [9.17, 15) is 28.2 Å². The van der Waals surface area contributed by atoms with E-state index in [-0.39, 0.29) is 35.3 Å². The maximum Gasteiger partial charge on any atom is 0.417 e. The Morgan fingerprint density at radius 3 is 2.46 bits per heavy atom. The van der Waals surface area contributed by atoms with E-state index < -0.39 is 41.5 Å². The minimum absolute atomic E-state index is 0.0230. The summed E-state index contributed by atoms with van der Waals surface area (Å²) in [5.41, 5.74) is -2.90. The number of phenolic OH excluding ortho intramolecular Hbond substituents is 1. The molecule has 1 aliphatic heterocycles. The van der Waals surface area contributed by atoms with E-state index in [4.69, 9.17) is 27.3 Å². The number of hydrogen-bond donors (Lipinski definition) is 3. The van der Waals surface area contributed by atoms with Crippen LogP contribution < -0.4 is 14.5 Å². The number of rotatable bonds is 7. The lowest BCUT2D eigenvalue weighted by Crippen LogP contribution is -2.44. The largest absolute Gasteiger partial charge is 0.504 e. The first-order chi connectivity index (χ1) is 16.3. The third kappa shape index (κ3) is 5.02. The van der Waals surface area contributed by atoms with E-state index in [0.717, 1.165) is 11.0 Å². The van der Waals surface area contributed by atoms with Gasteiger partial charge in [0.25, 0.3) is 5.91 Å². The molecule has 2 aromatic rings. The molecule has 0 spiro atoms. The normalized spacial score (nSPS) is 16.4. The van der Waals surface area contributed by atoms with E-state index in [1.54, 1.807) is 13.8 Å². The van der Waals surface area contributed by atoms with Gasteiger partial charge in [-0.1, -0.05) is 0 Å². The number of thiocarbonyl (C=S) groups is 1. The second-order valence-electron chi connectivity index (χ2n) is 8.28. The van der Waals surface area contributed by atoms with Crippen molar-refractivity contribution in [1.29, 1.82) is 5.26 Å². The van der Waals surface area contributed by atoms with Crippen LogP contribution in [0.25, 0.3) is 0 Å². The standard InChI is InChI=1S/C23H22F3N3O5S/c1-22(2)20(33)28(14-4-3-13(11-27)17(9-14)23(24,25)26)21(35)29(22)15-5-6-18(32)19(10-15)34-8-7-16(31)12-30/h3-6,9-10,16,30-32H,7-8,12H2,1-2H3. The zero-order valence-electron chi connectivity index (χ0n) is 18.7. The Balaban J connectivity index is 1.99. The number of nitrogens with zero attached hydrogens (tertiary/aromatic N) is 3. The summed E-state index contributed by atoms with van der Waals surface area (Å²) in [4.78, 5) is 15.7. The number of halogens is 3. The van der Waals surface area contributed by atoms with Gasteiger partial charge in [-0.3, -0.25) is 9.69 Å². The Kier molecular flexibility index (Phi) is 7.26. The zero-order chi connectivity index (χ0) is 26.1. The van der Waals surface area contributed by atoms with Crippen LogP contribution in [0.2, 0.25) is 0 Å². The Hall–Kier alpha value is -3.40. The molecule has 35 heavy (non-hydrogen) atoms. The molecule has 1 fully saturated rings. The Bertz CT molecular complexity index is 1200. The van der Waals surface area contributed by atoms with Crippen LogP contribution >= 0.6 is 12.2 Å². The van der Waals surface area contributed by atoms with E-state index in [0.29, 0.717) is 11.8 Å². The average Bonchev–Trinajstić information content (AvgIpc) is 2.97. The quantitative estimate of drug-likeness (QED) is 0.487. The van der Waals surface area contributed by atoms with E-state index in [2.05, 4.69) is 0 Å². The van der Waals surface area contributed by atoms with Gasteiger partial charge < -0.3 is 25.0 Å². The Morgan fingerprint density at radius 1 is 1.20 bits per heavy atom. The fourth-order valence-electron chi connectivity index (χ4n) is 3.61. The highest BCUT2D eigenvalue weighted by Crippen LogP contribution is 2.41. The molecule has 1 saturated heterocycles. The molecule has 8 nitrogen and oxygen atoms in total. The molecule has 1 amide bonds. The highest BCUT2D eigenvalue weighted by atomic mass is 32.1. The summed E-state index contributed by atoms with van der Waals surface area (Å²) < 4.78 is 45.9. The maximum atomic E-state index is 13.5. The first kappa shape index (κ1) is 26.2. The topological polar surface area (TPSA) is 117 Å². The third-order valence-corrected chi connectivity index (χ3v) is 5.84. The number of alkyl halides is 3. The highest BCUT2D eigenvalue weighted by Gasteiger charge is 2.50. The van der Waals surface area contributed by atoms with Crippen molar-refractivity contribution >= 4 is 34.6 Å².